The van der Waals surface area contributed by atoms with Gasteiger partial charge in [-0.25, -0.2) is 8.42 Å². The third-order valence-corrected chi connectivity index (χ3v) is 10.6. The van der Waals surface area contributed by atoms with E-state index in [0.717, 1.165) is 11.0 Å². The molecular weight excluding hydrogens is 722 g/mol. The SMILES string of the molecule is CC[C@@H](C)NC(=O)[C@@H](Cc1ccccc1)N(Cc1c(Cl)cccc1Cl)C(=O)CN(c1cc(C(F)(F)F)ccc1Cl)S(=O)(=O)c1ccccc1. The van der Waals surface area contributed by atoms with Crippen molar-refractivity contribution in [1.29, 1.82) is 0 Å². The fraction of sp³-hybridized carbons (Fsp3) is 0.257. The van der Waals surface area contributed by atoms with Crippen molar-refractivity contribution >= 4 is 62.3 Å². The van der Waals surface area contributed by atoms with Gasteiger partial charge in [-0.15, -0.1) is 0 Å². The predicted molar refractivity (Wildman–Crippen MR) is 186 cm³/mol. The molecule has 0 saturated heterocycles. The lowest BCUT2D eigenvalue weighted by molar-refractivity contribution is -0.140. The second-order valence-corrected chi connectivity index (χ2v) is 14.3. The highest BCUT2D eigenvalue weighted by atomic mass is 35.5. The number of sulfonamides is 1. The molecule has 0 spiro atoms. The maximum absolute atomic E-state index is 14.6. The van der Waals surface area contributed by atoms with Crippen molar-refractivity contribution in [1.82, 2.24) is 10.2 Å². The number of anilines is 1. The topological polar surface area (TPSA) is 86.8 Å². The van der Waals surface area contributed by atoms with Gasteiger partial charge in [-0.2, -0.15) is 13.2 Å². The Kier molecular flexibility index (Phi) is 12.6. The van der Waals surface area contributed by atoms with Crippen LogP contribution in [-0.4, -0.2) is 43.8 Å². The summed E-state index contributed by atoms with van der Waals surface area (Å²) in [6.07, 6.45) is -4.27. The van der Waals surface area contributed by atoms with E-state index in [4.69, 9.17) is 34.8 Å². The Labute approximate surface area is 298 Å². The molecular formula is C35H33Cl3F3N3O4S. The van der Waals surface area contributed by atoms with Crippen LogP contribution >= 0.6 is 34.8 Å². The minimum Gasteiger partial charge on any atom is -0.352 e. The van der Waals surface area contributed by atoms with Crippen molar-refractivity contribution < 1.29 is 31.2 Å². The predicted octanol–water partition coefficient (Wildman–Crippen LogP) is 8.42. The van der Waals surface area contributed by atoms with E-state index in [1.54, 1.807) is 61.5 Å². The number of halogens is 6. The fourth-order valence-electron chi connectivity index (χ4n) is 4.96. The first-order valence-electron chi connectivity index (χ1n) is 15.1. The average Bonchev–Trinajstić information content (AvgIpc) is 3.06. The van der Waals surface area contributed by atoms with Crippen molar-refractivity contribution in [2.45, 2.75) is 56.4 Å². The smallest absolute Gasteiger partial charge is 0.352 e. The zero-order valence-electron chi connectivity index (χ0n) is 26.4. The summed E-state index contributed by atoms with van der Waals surface area (Å²) < 4.78 is 70.4. The first kappa shape index (κ1) is 38.0. The van der Waals surface area contributed by atoms with E-state index in [1.165, 1.54) is 24.3 Å². The number of alkyl halides is 3. The van der Waals surface area contributed by atoms with Crippen molar-refractivity contribution in [3.05, 3.63) is 129 Å². The summed E-state index contributed by atoms with van der Waals surface area (Å²) in [7, 11) is -4.70. The number of carbonyl (C=O) groups is 2. The Morgan fingerprint density at radius 2 is 1.43 bits per heavy atom. The summed E-state index contributed by atoms with van der Waals surface area (Å²) in [6, 6.07) is 21.1. The van der Waals surface area contributed by atoms with Gasteiger partial charge in [0.1, 0.15) is 12.6 Å². The van der Waals surface area contributed by atoms with E-state index >= 15 is 0 Å². The van der Waals surface area contributed by atoms with Crippen molar-refractivity contribution in [3.8, 4) is 0 Å². The van der Waals surface area contributed by atoms with Crippen molar-refractivity contribution in [3.63, 3.8) is 0 Å². The lowest BCUT2D eigenvalue weighted by Gasteiger charge is -2.35. The summed E-state index contributed by atoms with van der Waals surface area (Å²) in [5.74, 6) is -1.46. The highest BCUT2D eigenvalue weighted by molar-refractivity contribution is 7.92. The quantitative estimate of drug-likeness (QED) is 0.149. The molecule has 4 rings (SSSR count). The maximum atomic E-state index is 14.6. The second kappa shape index (κ2) is 16.3. The van der Waals surface area contributed by atoms with Crippen LogP contribution in [-0.2, 0) is 38.8 Å². The van der Waals surface area contributed by atoms with E-state index in [0.29, 0.717) is 28.4 Å². The van der Waals surface area contributed by atoms with E-state index in [-0.39, 0.29) is 44.5 Å². The number of hydrogen-bond donors (Lipinski definition) is 1. The minimum absolute atomic E-state index is 0.00662. The molecule has 14 heteroatoms. The Balaban J connectivity index is 1.91. The molecule has 0 unspecified atom stereocenters. The molecule has 0 aliphatic carbocycles. The number of amides is 2. The van der Waals surface area contributed by atoms with Crippen LogP contribution in [0.1, 0.15) is 37.0 Å². The highest BCUT2D eigenvalue weighted by Crippen LogP contribution is 2.38. The summed E-state index contributed by atoms with van der Waals surface area (Å²) in [5, 5.41) is 2.91. The van der Waals surface area contributed by atoms with Gasteiger partial charge in [0.25, 0.3) is 10.0 Å². The second-order valence-electron chi connectivity index (χ2n) is 11.2. The number of benzene rings is 4. The first-order chi connectivity index (χ1) is 23.1. The van der Waals surface area contributed by atoms with Crippen LogP contribution in [0.15, 0.2) is 102 Å². The number of carbonyl (C=O) groups excluding carboxylic acids is 2. The zero-order valence-corrected chi connectivity index (χ0v) is 29.5. The van der Waals surface area contributed by atoms with E-state index in [1.807, 2.05) is 6.92 Å². The van der Waals surface area contributed by atoms with Crippen molar-refractivity contribution in [2.75, 3.05) is 10.8 Å². The highest BCUT2D eigenvalue weighted by Gasteiger charge is 2.38. The molecule has 2 amide bonds. The molecule has 0 saturated carbocycles. The van der Waals surface area contributed by atoms with E-state index in [2.05, 4.69) is 5.32 Å². The van der Waals surface area contributed by atoms with E-state index in [9.17, 15) is 31.2 Å². The molecule has 0 radical (unpaired) electrons. The molecule has 4 aromatic rings. The van der Waals surface area contributed by atoms with Crippen LogP contribution in [0.3, 0.4) is 0 Å². The monoisotopic (exact) mass is 753 g/mol. The van der Waals surface area contributed by atoms with Crippen LogP contribution in [0.2, 0.25) is 15.1 Å². The summed E-state index contributed by atoms with van der Waals surface area (Å²) in [6.45, 7) is 2.30. The summed E-state index contributed by atoms with van der Waals surface area (Å²) in [5.41, 5.74) is -0.789. The molecule has 7 nitrogen and oxygen atoms in total. The van der Waals surface area contributed by atoms with Gasteiger partial charge in [0.2, 0.25) is 11.8 Å². The molecule has 1 N–H and O–H groups in total. The summed E-state index contributed by atoms with van der Waals surface area (Å²) >= 11 is 19.4. The lowest BCUT2D eigenvalue weighted by Crippen LogP contribution is -2.54. The van der Waals surface area contributed by atoms with Crippen LogP contribution in [0, 0.1) is 0 Å². The van der Waals surface area contributed by atoms with Crippen molar-refractivity contribution in [2.24, 2.45) is 0 Å². The minimum atomic E-state index is -4.85. The van der Waals surface area contributed by atoms with E-state index < -0.39 is 51.9 Å². The molecule has 49 heavy (non-hydrogen) atoms. The molecule has 4 aromatic carbocycles. The van der Waals surface area contributed by atoms with Crippen LogP contribution in [0.5, 0.6) is 0 Å². The summed E-state index contributed by atoms with van der Waals surface area (Å²) in [4.78, 5) is 29.4. The van der Waals surface area contributed by atoms with Gasteiger partial charge in [-0.3, -0.25) is 13.9 Å². The molecule has 0 aliphatic heterocycles. The largest absolute Gasteiger partial charge is 0.416 e. The molecule has 260 valence electrons. The molecule has 0 aliphatic rings. The van der Waals surface area contributed by atoms with Gasteiger partial charge in [-0.05, 0) is 61.4 Å². The third-order valence-electron chi connectivity index (χ3n) is 7.81. The first-order valence-corrected chi connectivity index (χ1v) is 17.7. The van der Waals surface area contributed by atoms with Gasteiger partial charge >= 0.3 is 6.18 Å². The van der Waals surface area contributed by atoms with Gasteiger partial charge < -0.3 is 10.2 Å². The van der Waals surface area contributed by atoms with Gasteiger partial charge in [-0.1, -0.05) is 96.3 Å². The van der Waals surface area contributed by atoms with Crippen LogP contribution in [0.4, 0.5) is 18.9 Å². The Hall–Kier alpha value is -3.77. The van der Waals surface area contributed by atoms with Gasteiger partial charge in [0.05, 0.1) is 21.2 Å². The maximum Gasteiger partial charge on any atom is 0.416 e. The Morgan fingerprint density at radius 3 is 2.00 bits per heavy atom. The Morgan fingerprint density at radius 1 is 0.837 bits per heavy atom. The molecule has 2 atom stereocenters. The lowest BCUT2D eigenvalue weighted by atomic mass is 10.0. The molecule has 0 fully saturated rings. The molecule has 0 heterocycles. The normalized spacial score (nSPS) is 13.0. The van der Waals surface area contributed by atoms with Gasteiger partial charge in [0.15, 0.2) is 0 Å². The molecule has 0 aromatic heterocycles. The number of rotatable bonds is 13. The third kappa shape index (κ3) is 9.48. The van der Waals surface area contributed by atoms with Crippen LogP contribution in [0.25, 0.3) is 0 Å². The Bertz CT molecular complexity index is 1860. The number of nitrogens with zero attached hydrogens (tertiary/aromatic N) is 2. The molecule has 0 bridgehead atoms. The zero-order chi connectivity index (χ0) is 35.9. The average molecular weight is 755 g/mol. The fourth-order valence-corrected chi connectivity index (χ4v) is 7.19. The standard InChI is InChI=1S/C35H33Cl3F3N3O4S/c1-3-23(2)42-34(46)32(19-24-11-6-4-7-12-24)43(21-27-28(36)15-10-16-29(27)37)33(45)22-44(49(47,48)26-13-8-5-9-14-26)31-20-25(35(39,40)41)17-18-30(31)38/h4-18,20,23,32H,3,19,21-22H2,1-2H3,(H,42,46)/t23-,32-/m1/s1. The van der Waals surface area contributed by atoms with Gasteiger partial charge in [0, 0.05) is 34.6 Å². The number of hydrogen-bond acceptors (Lipinski definition) is 4. The number of nitrogens with one attached hydrogen (secondary N) is 1. The van der Waals surface area contributed by atoms with Crippen LogP contribution < -0.4 is 9.62 Å².